The van der Waals surface area contributed by atoms with Crippen LogP contribution in [0.1, 0.15) is 39.7 Å². The lowest BCUT2D eigenvalue weighted by Crippen LogP contribution is -2.30. The summed E-state index contributed by atoms with van der Waals surface area (Å²) in [5.74, 6) is -0.517. The summed E-state index contributed by atoms with van der Waals surface area (Å²) in [7, 11) is 0. The van der Waals surface area contributed by atoms with Crippen LogP contribution in [0.5, 0.6) is 0 Å². The van der Waals surface area contributed by atoms with Gasteiger partial charge in [-0.3, -0.25) is 9.88 Å². The second kappa shape index (κ2) is 9.16. The van der Waals surface area contributed by atoms with Crippen molar-refractivity contribution in [1.29, 1.82) is 0 Å². The third kappa shape index (κ3) is 4.39. The molecule has 0 unspecified atom stereocenters. The van der Waals surface area contributed by atoms with Crippen molar-refractivity contribution < 1.29 is 13.9 Å². The summed E-state index contributed by atoms with van der Waals surface area (Å²) < 4.78 is 20.9. The van der Waals surface area contributed by atoms with Crippen LogP contribution in [0, 0.1) is 5.82 Å². The number of halogens is 1. The number of ether oxygens (including phenoxy) is 1. The molecule has 33 heavy (non-hydrogen) atoms. The van der Waals surface area contributed by atoms with Crippen molar-refractivity contribution >= 4 is 16.9 Å². The van der Waals surface area contributed by atoms with Gasteiger partial charge in [-0.25, -0.2) is 9.18 Å². The maximum absolute atomic E-state index is 13.3. The van der Waals surface area contributed by atoms with E-state index in [1.807, 2.05) is 49.5 Å². The number of carbonyl (C=O) groups excluding carboxylic acids is 1. The first-order valence-corrected chi connectivity index (χ1v) is 11.3. The minimum Gasteiger partial charge on any atom is -0.462 e. The van der Waals surface area contributed by atoms with Crippen molar-refractivity contribution in [2.24, 2.45) is 0 Å². The number of benzene rings is 2. The third-order valence-corrected chi connectivity index (χ3v) is 6.23. The number of aromatic nitrogens is 2. The monoisotopic (exact) mass is 443 g/mol. The Bertz CT molecular complexity index is 1280. The molecule has 1 aliphatic rings. The van der Waals surface area contributed by atoms with Crippen LogP contribution in [0.25, 0.3) is 10.9 Å². The maximum atomic E-state index is 13.3. The predicted octanol–water partition coefficient (Wildman–Crippen LogP) is 4.96. The van der Waals surface area contributed by atoms with Crippen molar-refractivity contribution in [2.45, 2.75) is 33.0 Å². The fraction of sp³-hybridized carbons (Fsp3) is 0.259. The second-order valence-electron chi connectivity index (χ2n) is 8.41. The number of hydrogen-bond donors (Lipinski definition) is 0. The number of nitrogens with zero attached hydrogens (tertiary/aromatic N) is 3. The minimum absolute atomic E-state index is 0.218. The van der Waals surface area contributed by atoms with Gasteiger partial charge in [-0.05, 0) is 60.0 Å². The van der Waals surface area contributed by atoms with Gasteiger partial charge < -0.3 is 9.30 Å². The van der Waals surface area contributed by atoms with Gasteiger partial charge in [0.15, 0.2) is 0 Å². The number of fused-ring (bicyclic) bond motifs is 3. The summed E-state index contributed by atoms with van der Waals surface area (Å²) in [6.45, 7) is 5.34. The largest absolute Gasteiger partial charge is 0.462 e. The molecule has 0 bridgehead atoms. The molecule has 0 saturated carbocycles. The lowest BCUT2D eigenvalue weighted by molar-refractivity contribution is 0.0526. The highest BCUT2D eigenvalue weighted by molar-refractivity contribution is 5.96. The molecule has 3 heterocycles. The van der Waals surface area contributed by atoms with Gasteiger partial charge in [-0.2, -0.15) is 0 Å². The van der Waals surface area contributed by atoms with E-state index in [1.54, 1.807) is 6.20 Å². The van der Waals surface area contributed by atoms with E-state index < -0.39 is 0 Å². The van der Waals surface area contributed by atoms with Crippen LogP contribution in [0.15, 0.2) is 67.0 Å². The highest BCUT2D eigenvalue weighted by atomic mass is 19.1. The molecule has 4 aromatic rings. The third-order valence-electron chi connectivity index (χ3n) is 6.23. The van der Waals surface area contributed by atoms with Gasteiger partial charge in [-0.1, -0.05) is 18.2 Å². The zero-order chi connectivity index (χ0) is 22.8. The molecule has 168 valence electrons. The van der Waals surface area contributed by atoms with Gasteiger partial charge in [0.2, 0.25) is 0 Å². The second-order valence-corrected chi connectivity index (χ2v) is 8.41. The van der Waals surface area contributed by atoms with Crippen LogP contribution in [-0.4, -0.2) is 33.6 Å². The molecule has 0 aliphatic carbocycles. The molecule has 2 aromatic carbocycles. The number of carbonyl (C=O) groups is 1. The van der Waals surface area contributed by atoms with Crippen LogP contribution in [0.3, 0.4) is 0 Å². The van der Waals surface area contributed by atoms with E-state index in [-0.39, 0.29) is 11.8 Å². The molecule has 0 atom stereocenters. The van der Waals surface area contributed by atoms with Crippen molar-refractivity contribution in [3.05, 3.63) is 101 Å². The van der Waals surface area contributed by atoms with Gasteiger partial charge in [0.05, 0.1) is 12.2 Å². The molecule has 0 fully saturated rings. The van der Waals surface area contributed by atoms with Gasteiger partial charge in [0, 0.05) is 61.6 Å². The first-order valence-electron chi connectivity index (χ1n) is 11.3. The van der Waals surface area contributed by atoms with Gasteiger partial charge in [0.1, 0.15) is 5.82 Å². The Hall–Kier alpha value is -3.51. The molecule has 5 nitrogen and oxygen atoms in total. The molecule has 0 radical (unpaired) electrons. The molecule has 1 aliphatic heterocycles. The summed E-state index contributed by atoms with van der Waals surface area (Å²) in [6.07, 6.45) is 4.58. The van der Waals surface area contributed by atoms with E-state index in [0.29, 0.717) is 12.2 Å². The Morgan fingerprint density at radius 1 is 1.09 bits per heavy atom. The first-order chi connectivity index (χ1) is 16.1. The Labute approximate surface area is 192 Å². The normalized spacial score (nSPS) is 13.8. The average Bonchev–Trinajstić information content (AvgIpc) is 3.14. The number of pyridine rings is 1. The lowest BCUT2D eigenvalue weighted by Gasteiger charge is -2.28. The van der Waals surface area contributed by atoms with Crippen molar-refractivity contribution in [3.63, 3.8) is 0 Å². The van der Waals surface area contributed by atoms with E-state index in [4.69, 9.17) is 4.74 Å². The highest BCUT2D eigenvalue weighted by Gasteiger charge is 2.25. The Kier molecular flexibility index (Phi) is 5.92. The average molecular weight is 444 g/mol. The topological polar surface area (TPSA) is 47.4 Å². The summed E-state index contributed by atoms with van der Waals surface area (Å²) in [5, 5.41) is 1.09. The highest BCUT2D eigenvalue weighted by Crippen LogP contribution is 2.33. The fourth-order valence-corrected chi connectivity index (χ4v) is 4.69. The molecule has 0 saturated heterocycles. The van der Waals surface area contributed by atoms with Gasteiger partial charge in [-0.15, -0.1) is 0 Å². The molecule has 2 aromatic heterocycles. The van der Waals surface area contributed by atoms with Crippen LogP contribution in [-0.2, 0) is 30.8 Å². The quantitative estimate of drug-likeness (QED) is 0.395. The van der Waals surface area contributed by atoms with E-state index in [9.17, 15) is 9.18 Å². The number of rotatable bonds is 6. The Balaban J connectivity index is 1.53. The van der Waals surface area contributed by atoms with Crippen LogP contribution >= 0.6 is 0 Å². The summed E-state index contributed by atoms with van der Waals surface area (Å²) >= 11 is 0. The molecule has 0 spiro atoms. The van der Waals surface area contributed by atoms with Crippen LogP contribution < -0.4 is 0 Å². The smallest absolute Gasteiger partial charge is 0.338 e. The minimum atomic E-state index is -0.299. The summed E-state index contributed by atoms with van der Waals surface area (Å²) in [4.78, 5) is 19.1. The zero-order valence-electron chi connectivity index (χ0n) is 18.6. The van der Waals surface area contributed by atoms with Crippen molar-refractivity contribution in [2.75, 3.05) is 13.2 Å². The van der Waals surface area contributed by atoms with E-state index >= 15 is 0 Å². The molecular formula is C27H26FN3O2. The lowest BCUT2D eigenvalue weighted by atomic mass is 10.0. The van der Waals surface area contributed by atoms with E-state index in [0.717, 1.165) is 54.6 Å². The van der Waals surface area contributed by atoms with E-state index in [1.165, 1.54) is 23.4 Å². The molecule has 0 amide bonds. The number of hydrogen-bond acceptors (Lipinski definition) is 4. The molecule has 5 rings (SSSR count). The standard InChI is InChI=1S/C27H26FN3O2/c1-2-33-27(32)21-7-10-25-23(14-21)24-18-30(16-19-5-8-22(28)9-6-19)13-11-26(24)31(25)17-20-4-3-12-29-15-20/h3-10,12,14-15H,2,11,13,16-18H2,1H3. The molecule has 0 N–H and O–H groups in total. The predicted molar refractivity (Wildman–Crippen MR) is 125 cm³/mol. The summed E-state index contributed by atoms with van der Waals surface area (Å²) in [5.41, 5.74) is 6.45. The summed E-state index contributed by atoms with van der Waals surface area (Å²) in [6, 6.07) is 16.6. The van der Waals surface area contributed by atoms with Crippen molar-refractivity contribution in [3.8, 4) is 0 Å². The molecule has 6 heteroatoms. The van der Waals surface area contributed by atoms with Gasteiger partial charge in [0.25, 0.3) is 0 Å². The van der Waals surface area contributed by atoms with Crippen LogP contribution in [0.4, 0.5) is 4.39 Å². The number of esters is 1. The zero-order valence-corrected chi connectivity index (χ0v) is 18.6. The Morgan fingerprint density at radius 3 is 2.70 bits per heavy atom. The van der Waals surface area contributed by atoms with Gasteiger partial charge >= 0.3 is 5.97 Å². The fourth-order valence-electron chi connectivity index (χ4n) is 4.69. The van der Waals surface area contributed by atoms with E-state index in [2.05, 4.69) is 20.5 Å². The maximum Gasteiger partial charge on any atom is 0.338 e. The van der Waals surface area contributed by atoms with Crippen molar-refractivity contribution in [1.82, 2.24) is 14.5 Å². The first kappa shape index (κ1) is 21.3. The molecular weight excluding hydrogens is 417 g/mol. The Morgan fingerprint density at radius 2 is 1.94 bits per heavy atom. The van der Waals surface area contributed by atoms with Crippen LogP contribution in [0.2, 0.25) is 0 Å². The SMILES string of the molecule is CCOC(=O)c1ccc2c(c1)c1c(n2Cc2cccnc2)CCN(Cc2ccc(F)cc2)C1.